The Bertz CT molecular complexity index is 785. The molecule has 130 valence electrons. The molecule has 0 saturated heterocycles. The fourth-order valence-corrected chi connectivity index (χ4v) is 3.67. The SMILES string of the molecule is CCCCNC(=O)NC(=O)CSc1nc2ccsc2c(=O)n1CC. The third-order valence-corrected chi connectivity index (χ3v) is 5.12. The zero-order valence-corrected chi connectivity index (χ0v) is 15.3. The maximum Gasteiger partial charge on any atom is 0.321 e. The number of nitrogens with one attached hydrogen (secondary N) is 2. The number of hydrogen-bond acceptors (Lipinski definition) is 6. The number of fused-ring (bicyclic) bond motifs is 1. The van der Waals surface area contributed by atoms with Gasteiger partial charge in [0, 0.05) is 13.1 Å². The molecule has 0 aliphatic rings. The Labute approximate surface area is 147 Å². The Balaban J connectivity index is 1.98. The van der Waals surface area contributed by atoms with Crippen LogP contribution in [0.3, 0.4) is 0 Å². The van der Waals surface area contributed by atoms with Crippen molar-refractivity contribution in [2.75, 3.05) is 12.3 Å². The average Bonchev–Trinajstić information content (AvgIpc) is 3.02. The summed E-state index contributed by atoms with van der Waals surface area (Å²) in [7, 11) is 0. The zero-order chi connectivity index (χ0) is 17.5. The van der Waals surface area contributed by atoms with Crippen LogP contribution in [0.25, 0.3) is 10.2 Å². The predicted octanol–water partition coefficient (Wildman–Crippen LogP) is 2.20. The number of carbonyl (C=O) groups is 2. The third kappa shape index (κ3) is 4.57. The van der Waals surface area contributed by atoms with Crippen molar-refractivity contribution in [3.8, 4) is 0 Å². The Kier molecular flexibility index (Phi) is 6.80. The predicted molar refractivity (Wildman–Crippen MR) is 96.7 cm³/mol. The van der Waals surface area contributed by atoms with E-state index in [4.69, 9.17) is 0 Å². The molecule has 2 aromatic rings. The fraction of sp³-hybridized carbons (Fsp3) is 0.467. The first kappa shape index (κ1) is 18.5. The number of unbranched alkanes of at least 4 members (excludes halogenated alkanes) is 1. The molecule has 0 spiro atoms. The summed E-state index contributed by atoms with van der Waals surface area (Å²) in [5.74, 6) is -0.403. The highest BCUT2D eigenvalue weighted by Gasteiger charge is 2.14. The van der Waals surface area contributed by atoms with Crippen LogP contribution in [0.4, 0.5) is 4.79 Å². The second-order valence-corrected chi connectivity index (χ2v) is 6.88. The Morgan fingerprint density at radius 2 is 2.17 bits per heavy atom. The maximum atomic E-state index is 12.4. The molecule has 2 aromatic heterocycles. The molecular formula is C15H20N4O3S2. The molecule has 0 bridgehead atoms. The van der Waals surface area contributed by atoms with Gasteiger partial charge in [0.2, 0.25) is 5.91 Å². The number of hydrogen-bond donors (Lipinski definition) is 2. The Hall–Kier alpha value is -1.87. The number of carbonyl (C=O) groups excluding carboxylic acids is 2. The van der Waals surface area contributed by atoms with Crippen LogP contribution in [-0.2, 0) is 11.3 Å². The Morgan fingerprint density at radius 3 is 2.88 bits per heavy atom. The normalized spacial score (nSPS) is 10.8. The van der Waals surface area contributed by atoms with Crippen molar-refractivity contribution in [3.63, 3.8) is 0 Å². The van der Waals surface area contributed by atoms with Gasteiger partial charge >= 0.3 is 6.03 Å². The topological polar surface area (TPSA) is 93.1 Å². The van der Waals surface area contributed by atoms with Crippen LogP contribution in [-0.4, -0.2) is 33.8 Å². The summed E-state index contributed by atoms with van der Waals surface area (Å²) in [4.78, 5) is 40.2. The van der Waals surface area contributed by atoms with Crippen LogP contribution in [0.15, 0.2) is 21.4 Å². The van der Waals surface area contributed by atoms with E-state index < -0.39 is 11.9 Å². The second-order valence-electron chi connectivity index (χ2n) is 5.03. The van der Waals surface area contributed by atoms with Gasteiger partial charge in [-0.3, -0.25) is 19.5 Å². The molecule has 7 nitrogen and oxygen atoms in total. The van der Waals surface area contributed by atoms with Crippen LogP contribution >= 0.6 is 23.1 Å². The third-order valence-electron chi connectivity index (χ3n) is 3.25. The quantitative estimate of drug-likeness (QED) is 0.444. The van der Waals surface area contributed by atoms with E-state index >= 15 is 0 Å². The average molecular weight is 368 g/mol. The summed E-state index contributed by atoms with van der Waals surface area (Å²) in [6, 6.07) is 1.29. The maximum absolute atomic E-state index is 12.4. The first-order valence-electron chi connectivity index (χ1n) is 7.75. The molecule has 0 unspecified atom stereocenters. The van der Waals surface area contributed by atoms with Crippen molar-refractivity contribution in [1.82, 2.24) is 20.2 Å². The fourth-order valence-electron chi connectivity index (χ4n) is 2.03. The summed E-state index contributed by atoms with van der Waals surface area (Å²) in [5.41, 5.74) is 0.535. The van der Waals surface area contributed by atoms with Crippen molar-refractivity contribution in [3.05, 3.63) is 21.8 Å². The van der Waals surface area contributed by atoms with E-state index in [-0.39, 0.29) is 11.3 Å². The standard InChI is InChI=1S/C15H20N4O3S2/c1-3-5-7-16-14(22)18-11(20)9-24-15-17-10-6-8-23-12(10)13(21)19(15)4-2/h6,8H,3-5,7,9H2,1-2H3,(H2,16,18,20,22). The van der Waals surface area contributed by atoms with Crippen molar-refractivity contribution < 1.29 is 9.59 Å². The van der Waals surface area contributed by atoms with Crippen LogP contribution < -0.4 is 16.2 Å². The molecule has 0 aliphatic carbocycles. The first-order valence-corrected chi connectivity index (χ1v) is 9.61. The van der Waals surface area contributed by atoms with Gasteiger partial charge in [0.1, 0.15) is 4.70 Å². The van der Waals surface area contributed by atoms with E-state index in [0.29, 0.717) is 28.5 Å². The highest BCUT2D eigenvalue weighted by Crippen LogP contribution is 2.20. The van der Waals surface area contributed by atoms with Gasteiger partial charge in [-0.25, -0.2) is 9.78 Å². The van der Waals surface area contributed by atoms with E-state index in [1.165, 1.54) is 15.9 Å². The molecule has 2 rings (SSSR count). The number of rotatable bonds is 7. The first-order chi connectivity index (χ1) is 11.6. The van der Waals surface area contributed by atoms with Crippen molar-refractivity contribution in [2.45, 2.75) is 38.4 Å². The summed E-state index contributed by atoms with van der Waals surface area (Å²) in [5, 5.41) is 7.19. The molecular weight excluding hydrogens is 348 g/mol. The minimum absolute atomic E-state index is 0.0171. The molecule has 2 heterocycles. The van der Waals surface area contributed by atoms with Gasteiger partial charge in [-0.1, -0.05) is 25.1 Å². The molecule has 3 amide bonds. The van der Waals surface area contributed by atoms with Crippen molar-refractivity contribution in [1.29, 1.82) is 0 Å². The highest BCUT2D eigenvalue weighted by atomic mass is 32.2. The molecule has 0 aromatic carbocycles. The van der Waals surface area contributed by atoms with E-state index in [1.54, 1.807) is 6.07 Å². The number of aromatic nitrogens is 2. The summed E-state index contributed by atoms with van der Waals surface area (Å²) in [6.45, 7) is 4.88. The summed E-state index contributed by atoms with van der Waals surface area (Å²) < 4.78 is 2.15. The van der Waals surface area contributed by atoms with Crippen molar-refractivity contribution in [2.24, 2.45) is 0 Å². The molecule has 0 fully saturated rings. The minimum Gasteiger partial charge on any atom is -0.338 e. The molecule has 9 heteroatoms. The summed E-state index contributed by atoms with van der Waals surface area (Å²) in [6.07, 6.45) is 1.83. The highest BCUT2D eigenvalue weighted by molar-refractivity contribution is 7.99. The Morgan fingerprint density at radius 1 is 1.38 bits per heavy atom. The van der Waals surface area contributed by atoms with Crippen LogP contribution in [0.2, 0.25) is 0 Å². The lowest BCUT2D eigenvalue weighted by Gasteiger charge is -2.10. The largest absolute Gasteiger partial charge is 0.338 e. The number of amides is 3. The second kappa shape index (κ2) is 8.84. The lowest BCUT2D eigenvalue weighted by molar-refractivity contribution is -0.117. The smallest absolute Gasteiger partial charge is 0.321 e. The van der Waals surface area contributed by atoms with Gasteiger partial charge in [-0.2, -0.15) is 0 Å². The molecule has 0 radical (unpaired) electrons. The van der Waals surface area contributed by atoms with Gasteiger partial charge in [0.15, 0.2) is 5.16 Å². The van der Waals surface area contributed by atoms with E-state index in [2.05, 4.69) is 15.6 Å². The molecule has 0 atom stereocenters. The van der Waals surface area contributed by atoms with E-state index in [1.807, 2.05) is 19.2 Å². The van der Waals surface area contributed by atoms with Crippen molar-refractivity contribution >= 4 is 45.3 Å². The van der Waals surface area contributed by atoms with Crippen LogP contribution in [0, 0.1) is 0 Å². The van der Waals surface area contributed by atoms with Gasteiger partial charge in [0.25, 0.3) is 5.56 Å². The number of urea groups is 1. The molecule has 2 N–H and O–H groups in total. The molecule has 0 saturated carbocycles. The number of nitrogens with zero attached hydrogens (tertiary/aromatic N) is 2. The lowest BCUT2D eigenvalue weighted by atomic mass is 10.3. The molecule has 24 heavy (non-hydrogen) atoms. The number of imide groups is 1. The number of thioether (sulfide) groups is 1. The van der Waals surface area contributed by atoms with Gasteiger partial charge in [-0.15, -0.1) is 11.3 Å². The number of thiophene rings is 1. The van der Waals surface area contributed by atoms with Gasteiger partial charge in [-0.05, 0) is 24.8 Å². The van der Waals surface area contributed by atoms with Gasteiger partial charge in [0.05, 0.1) is 11.3 Å². The lowest BCUT2D eigenvalue weighted by Crippen LogP contribution is -2.40. The van der Waals surface area contributed by atoms with Crippen LogP contribution in [0.1, 0.15) is 26.7 Å². The monoisotopic (exact) mass is 368 g/mol. The van der Waals surface area contributed by atoms with Crippen LogP contribution in [0.5, 0.6) is 0 Å². The van der Waals surface area contributed by atoms with E-state index in [9.17, 15) is 14.4 Å². The minimum atomic E-state index is -0.497. The van der Waals surface area contributed by atoms with E-state index in [0.717, 1.165) is 24.6 Å². The zero-order valence-electron chi connectivity index (χ0n) is 13.6. The van der Waals surface area contributed by atoms with Gasteiger partial charge < -0.3 is 5.32 Å². The summed E-state index contributed by atoms with van der Waals surface area (Å²) >= 11 is 2.50. The molecule has 0 aliphatic heterocycles.